The van der Waals surface area contributed by atoms with Gasteiger partial charge in [-0.2, -0.15) is 18.4 Å². The molecule has 1 heterocycles. The number of nitriles is 1. The van der Waals surface area contributed by atoms with Crippen molar-refractivity contribution in [2.24, 2.45) is 0 Å². The number of halogens is 3. The summed E-state index contributed by atoms with van der Waals surface area (Å²) in [4.78, 5) is 17.7. The third-order valence-electron chi connectivity index (χ3n) is 2.92. The van der Waals surface area contributed by atoms with Gasteiger partial charge in [0.25, 0.3) is 0 Å². The van der Waals surface area contributed by atoms with Crippen LogP contribution in [0.3, 0.4) is 0 Å². The zero-order valence-corrected chi connectivity index (χ0v) is 12.7. The molecule has 2 N–H and O–H groups in total. The molecule has 24 heavy (non-hydrogen) atoms. The molecule has 1 aromatic heterocycles. The van der Waals surface area contributed by atoms with Gasteiger partial charge in [0, 0.05) is 18.3 Å². The van der Waals surface area contributed by atoms with E-state index in [0.717, 1.165) is 0 Å². The Labute approximate surface area is 135 Å². The lowest BCUT2D eigenvalue weighted by molar-refractivity contribution is -0.145. The predicted octanol–water partition coefficient (Wildman–Crippen LogP) is 3.38. The van der Waals surface area contributed by atoms with Crippen molar-refractivity contribution in [3.05, 3.63) is 41.3 Å². The van der Waals surface area contributed by atoms with Gasteiger partial charge >= 0.3 is 6.18 Å². The van der Waals surface area contributed by atoms with Crippen molar-refractivity contribution >= 4 is 23.1 Å². The average molecular weight is 335 g/mol. The van der Waals surface area contributed by atoms with Crippen LogP contribution in [0.25, 0.3) is 0 Å². The van der Waals surface area contributed by atoms with Crippen LogP contribution in [0.2, 0.25) is 0 Å². The molecule has 1 amide bonds. The topological polar surface area (TPSA) is 90.7 Å². The first-order chi connectivity index (χ1) is 11.2. The fourth-order valence-electron chi connectivity index (χ4n) is 1.90. The Hall–Kier alpha value is -3.15. The molecule has 0 bridgehead atoms. The highest BCUT2D eigenvalue weighted by Crippen LogP contribution is 2.30. The molecule has 9 heteroatoms. The summed E-state index contributed by atoms with van der Waals surface area (Å²) in [6.45, 7) is 2.66. The van der Waals surface area contributed by atoms with Crippen LogP contribution in [0.1, 0.15) is 24.0 Å². The fraction of sp³-hybridized carbons (Fsp3) is 0.200. The standard InChI is InChI=1S/C15H12F3N5O/c1-8-12(7-19)13(23-14(20-8)15(16,17)18)22-11-5-3-10(4-6-11)21-9(2)24/h3-6H,1-2H3,(H,21,24)(H,20,22,23). The molecule has 2 rings (SSSR count). The fourth-order valence-corrected chi connectivity index (χ4v) is 1.90. The number of carbonyl (C=O) groups is 1. The van der Waals surface area contributed by atoms with Gasteiger partial charge in [0.1, 0.15) is 11.6 Å². The van der Waals surface area contributed by atoms with Crippen LogP contribution >= 0.6 is 0 Å². The molecule has 0 saturated carbocycles. The van der Waals surface area contributed by atoms with E-state index in [4.69, 9.17) is 5.26 Å². The highest BCUT2D eigenvalue weighted by Gasteiger charge is 2.36. The molecular weight excluding hydrogens is 323 g/mol. The Balaban J connectivity index is 2.36. The maximum atomic E-state index is 12.8. The number of carbonyl (C=O) groups excluding carboxylic acids is 1. The molecule has 0 aliphatic carbocycles. The smallest absolute Gasteiger partial charge is 0.339 e. The predicted molar refractivity (Wildman–Crippen MR) is 80.5 cm³/mol. The number of aryl methyl sites for hydroxylation is 1. The lowest BCUT2D eigenvalue weighted by Crippen LogP contribution is -2.14. The molecule has 0 unspecified atom stereocenters. The Kier molecular flexibility index (Phi) is 4.69. The SMILES string of the molecule is CC(=O)Nc1ccc(Nc2nc(C(F)(F)F)nc(C)c2C#N)cc1. The van der Waals surface area contributed by atoms with E-state index in [2.05, 4.69) is 20.6 Å². The van der Waals surface area contributed by atoms with Crippen LogP contribution in [-0.4, -0.2) is 15.9 Å². The van der Waals surface area contributed by atoms with E-state index >= 15 is 0 Å². The first kappa shape index (κ1) is 17.2. The molecular formula is C15H12F3N5O. The van der Waals surface area contributed by atoms with Gasteiger partial charge < -0.3 is 10.6 Å². The highest BCUT2D eigenvalue weighted by atomic mass is 19.4. The molecule has 0 saturated heterocycles. The van der Waals surface area contributed by atoms with Crippen LogP contribution in [0.15, 0.2) is 24.3 Å². The van der Waals surface area contributed by atoms with E-state index < -0.39 is 12.0 Å². The lowest BCUT2D eigenvalue weighted by Gasteiger charge is -2.12. The van der Waals surface area contributed by atoms with Crippen molar-refractivity contribution in [1.29, 1.82) is 5.26 Å². The first-order valence-corrected chi connectivity index (χ1v) is 6.71. The minimum Gasteiger partial charge on any atom is -0.339 e. The monoisotopic (exact) mass is 335 g/mol. The summed E-state index contributed by atoms with van der Waals surface area (Å²) in [7, 11) is 0. The van der Waals surface area contributed by atoms with Crippen molar-refractivity contribution in [2.45, 2.75) is 20.0 Å². The van der Waals surface area contributed by atoms with Gasteiger partial charge in [0.15, 0.2) is 5.82 Å². The second-order valence-electron chi connectivity index (χ2n) is 4.85. The average Bonchev–Trinajstić information content (AvgIpc) is 2.47. The molecule has 0 radical (unpaired) electrons. The first-order valence-electron chi connectivity index (χ1n) is 6.71. The summed E-state index contributed by atoms with van der Waals surface area (Å²) in [5.74, 6) is -1.80. The number of nitrogens with zero attached hydrogens (tertiary/aromatic N) is 3. The van der Waals surface area contributed by atoms with E-state index in [0.29, 0.717) is 11.4 Å². The van der Waals surface area contributed by atoms with Gasteiger partial charge in [-0.1, -0.05) is 0 Å². The summed E-state index contributed by atoms with van der Waals surface area (Å²) in [6.07, 6.45) is -4.72. The normalized spacial score (nSPS) is 10.8. The zero-order valence-electron chi connectivity index (χ0n) is 12.7. The second-order valence-corrected chi connectivity index (χ2v) is 4.85. The highest BCUT2D eigenvalue weighted by molar-refractivity contribution is 5.88. The maximum Gasteiger partial charge on any atom is 0.451 e. The summed E-state index contributed by atoms with van der Waals surface area (Å²) in [5, 5.41) is 14.3. The Morgan fingerprint density at radius 3 is 2.25 bits per heavy atom. The molecule has 0 spiro atoms. The maximum absolute atomic E-state index is 12.8. The lowest BCUT2D eigenvalue weighted by atomic mass is 10.2. The van der Waals surface area contributed by atoms with E-state index in [1.165, 1.54) is 26.0 Å². The van der Waals surface area contributed by atoms with Gasteiger partial charge in [0.05, 0.1) is 5.69 Å². The third kappa shape index (κ3) is 3.98. The summed E-state index contributed by atoms with van der Waals surface area (Å²) >= 11 is 0. The van der Waals surface area contributed by atoms with Crippen LogP contribution < -0.4 is 10.6 Å². The van der Waals surface area contributed by atoms with Crippen LogP contribution in [-0.2, 0) is 11.0 Å². The molecule has 0 aliphatic heterocycles. The molecule has 0 atom stereocenters. The Morgan fingerprint density at radius 1 is 1.17 bits per heavy atom. The second kappa shape index (κ2) is 6.54. The third-order valence-corrected chi connectivity index (χ3v) is 2.92. The summed E-state index contributed by atoms with van der Waals surface area (Å²) < 4.78 is 38.5. The summed E-state index contributed by atoms with van der Waals surface area (Å²) in [5.41, 5.74) is 0.793. The largest absolute Gasteiger partial charge is 0.451 e. The van der Waals surface area contributed by atoms with Crippen LogP contribution in [0.5, 0.6) is 0 Å². The quantitative estimate of drug-likeness (QED) is 0.897. The van der Waals surface area contributed by atoms with Crippen LogP contribution in [0, 0.1) is 18.3 Å². The van der Waals surface area contributed by atoms with Crippen LogP contribution in [0.4, 0.5) is 30.4 Å². The molecule has 0 fully saturated rings. The van der Waals surface area contributed by atoms with Gasteiger partial charge in [-0.05, 0) is 31.2 Å². The van der Waals surface area contributed by atoms with Gasteiger partial charge in [-0.25, -0.2) is 9.97 Å². The number of amides is 1. The van der Waals surface area contributed by atoms with Gasteiger partial charge in [0.2, 0.25) is 11.7 Å². The molecule has 124 valence electrons. The Bertz CT molecular complexity index is 810. The summed E-state index contributed by atoms with van der Waals surface area (Å²) in [6, 6.07) is 7.99. The number of alkyl halides is 3. The molecule has 6 nitrogen and oxygen atoms in total. The van der Waals surface area contributed by atoms with E-state index in [1.807, 2.05) is 0 Å². The number of nitrogens with one attached hydrogen (secondary N) is 2. The van der Waals surface area contributed by atoms with Crippen molar-refractivity contribution in [3.63, 3.8) is 0 Å². The molecule has 0 aliphatic rings. The Morgan fingerprint density at radius 2 is 1.75 bits per heavy atom. The van der Waals surface area contributed by atoms with E-state index in [1.54, 1.807) is 18.2 Å². The number of hydrogen-bond acceptors (Lipinski definition) is 5. The van der Waals surface area contributed by atoms with Crippen molar-refractivity contribution < 1.29 is 18.0 Å². The van der Waals surface area contributed by atoms with Crippen molar-refractivity contribution in [3.8, 4) is 6.07 Å². The minimum atomic E-state index is -4.72. The minimum absolute atomic E-state index is 0.0720. The number of rotatable bonds is 3. The van der Waals surface area contributed by atoms with Crippen molar-refractivity contribution in [1.82, 2.24) is 9.97 Å². The van der Waals surface area contributed by atoms with E-state index in [9.17, 15) is 18.0 Å². The van der Waals surface area contributed by atoms with Crippen molar-refractivity contribution in [2.75, 3.05) is 10.6 Å². The van der Waals surface area contributed by atoms with Gasteiger partial charge in [-0.3, -0.25) is 4.79 Å². The number of benzene rings is 1. The zero-order chi connectivity index (χ0) is 17.9. The van der Waals surface area contributed by atoms with Gasteiger partial charge in [-0.15, -0.1) is 0 Å². The van der Waals surface area contributed by atoms with E-state index in [-0.39, 0.29) is 23.0 Å². The number of aromatic nitrogens is 2. The number of hydrogen-bond donors (Lipinski definition) is 2. The number of anilines is 3. The molecule has 1 aromatic carbocycles. The molecule has 2 aromatic rings.